The summed E-state index contributed by atoms with van der Waals surface area (Å²) < 4.78 is 1.16. The first-order valence-corrected chi connectivity index (χ1v) is 12.1. The van der Waals surface area contributed by atoms with Gasteiger partial charge in [0, 0.05) is 42.5 Å². The zero-order chi connectivity index (χ0) is 22.8. The molecule has 4 aromatic rings. The molecule has 33 heavy (non-hydrogen) atoms. The van der Waals surface area contributed by atoms with E-state index < -0.39 is 0 Å². The van der Waals surface area contributed by atoms with Crippen molar-refractivity contribution in [2.45, 2.75) is 19.3 Å². The summed E-state index contributed by atoms with van der Waals surface area (Å²) in [6, 6.07) is 10.4. The molecule has 0 spiro atoms. The maximum atomic E-state index is 12.5. The van der Waals surface area contributed by atoms with E-state index in [1.54, 1.807) is 11.3 Å². The summed E-state index contributed by atoms with van der Waals surface area (Å²) in [6.07, 6.45) is 6.35. The molecule has 170 valence electrons. The highest BCUT2D eigenvalue weighted by molar-refractivity contribution is 7.16. The summed E-state index contributed by atoms with van der Waals surface area (Å²) in [5.74, 6) is 0.245. The van der Waals surface area contributed by atoms with E-state index in [4.69, 9.17) is 0 Å². The molecular formula is C25H28N6OS. The third-order valence-electron chi connectivity index (χ3n) is 6.05. The van der Waals surface area contributed by atoms with E-state index in [0.29, 0.717) is 13.0 Å². The Kier molecular flexibility index (Phi) is 6.11. The van der Waals surface area contributed by atoms with Gasteiger partial charge < -0.3 is 20.1 Å². The lowest BCUT2D eigenvalue weighted by molar-refractivity contribution is -0.130. The molecular weight excluding hydrogens is 432 g/mol. The first-order chi connectivity index (χ1) is 16.1. The molecule has 1 aliphatic rings. The minimum atomic E-state index is 0.245. The number of carbonyl (C=O) groups excluding carboxylic acids is 1. The van der Waals surface area contributed by atoms with E-state index in [2.05, 4.69) is 49.4 Å². The topological polar surface area (TPSA) is 77.2 Å². The van der Waals surface area contributed by atoms with Crippen molar-refractivity contribution < 1.29 is 4.79 Å². The number of fused-ring (bicyclic) bond motifs is 2. The molecule has 1 amide bonds. The quantitative estimate of drug-likeness (QED) is 0.411. The zero-order valence-electron chi connectivity index (χ0n) is 19.0. The number of rotatable bonds is 7. The molecule has 0 unspecified atom stereocenters. The van der Waals surface area contributed by atoms with Crippen molar-refractivity contribution in [3.05, 3.63) is 53.8 Å². The largest absolute Gasteiger partial charge is 0.355 e. The average Bonchev–Trinajstić information content (AvgIpc) is 3.46. The van der Waals surface area contributed by atoms with E-state index >= 15 is 0 Å². The number of H-pyrrole nitrogens is 1. The van der Waals surface area contributed by atoms with Gasteiger partial charge in [0.1, 0.15) is 5.65 Å². The minimum absolute atomic E-state index is 0.245. The molecule has 7 nitrogen and oxygen atoms in total. The summed E-state index contributed by atoms with van der Waals surface area (Å²) in [5, 5.41) is 4.59. The van der Waals surface area contributed by atoms with Crippen LogP contribution in [0.4, 0.5) is 11.4 Å². The fourth-order valence-electron chi connectivity index (χ4n) is 4.24. The van der Waals surface area contributed by atoms with Crippen LogP contribution in [0.3, 0.4) is 0 Å². The van der Waals surface area contributed by atoms with Crippen LogP contribution < -0.4 is 5.32 Å². The van der Waals surface area contributed by atoms with E-state index in [1.165, 1.54) is 5.57 Å². The van der Waals surface area contributed by atoms with Crippen LogP contribution in [0.5, 0.6) is 0 Å². The van der Waals surface area contributed by atoms with Crippen LogP contribution in [0.2, 0.25) is 0 Å². The fourth-order valence-corrected chi connectivity index (χ4v) is 4.96. The number of amides is 1. The molecule has 0 saturated heterocycles. The number of nitrogens with zero attached hydrogens (tertiary/aromatic N) is 4. The van der Waals surface area contributed by atoms with Gasteiger partial charge in [-0.15, -0.1) is 11.3 Å². The van der Waals surface area contributed by atoms with Crippen molar-refractivity contribution in [1.82, 2.24) is 24.8 Å². The van der Waals surface area contributed by atoms with Gasteiger partial charge in [-0.3, -0.25) is 4.79 Å². The third kappa shape index (κ3) is 4.77. The number of aromatic nitrogens is 3. The number of pyridine rings is 1. The molecule has 2 N–H and O–H groups in total. The second-order valence-electron chi connectivity index (χ2n) is 8.69. The van der Waals surface area contributed by atoms with E-state index in [0.717, 1.165) is 64.2 Å². The molecule has 4 heterocycles. The van der Waals surface area contributed by atoms with Crippen molar-refractivity contribution in [2.75, 3.05) is 39.0 Å². The minimum Gasteiger partial charge on any atom is -0.355 e. The molecule has 1 aromatic carbocycles. The fraction of sp³-hybridized carbons (Fsp3) is 0.320. The molecule has 8 heteroatoms. The molecule has 0 fully saturated rings. The summed E-state index contributed by atoms with van der Waals surface area (Å²) in [6.45, 7) is 2.37. The van der Waals surface area contributed by atoms with Gasteiger partial charge in [-0.25, -0.2) is 9.97 Å². The number of hydrogen-bond acceptors (Lipinski definition) is 6. The summed E-state index contributed by atoms with van der Waals surface area (Å²) in [7, 11) is 4.08. The van der Waals surface area contributed by atoms with Crippen molar-refractivity contribution in [3.63, 3.8) is 0 Å². The Morgan fingerprint density at radius 2 is 2.15 bits per heavy atom. The van der Waals surface area contributed by atoms with Crippen molar-refractivity contribution in [3.8, 4) is 0 Å². The Hall–Kier alpha value is -3.23. The number of thiazole rings is 1. The maximum Gasteiger partial charge on any atom is 0.222 e. The van der Waals surface area contributed by atoms with Gasteiger partial charge in [0.15, 0.2) is 0 Å². The van der Waals surface area contributed by atoms with Crippen molar-refractivity contribution in [1.29, 1.82) is 0 Å². The lowest BCUT2D eigenvalue weighted by Crippen LogP contribution is -2.34. The predicted molar refractivity (Wildman–Crippen MR) is 136 cm³/mol. The Bertz CT molecular complexity index is 1320. The Morgan fingerprint density at radius 3 is 2.97 bits per heavy atom. The standard InChI is InChI=1S/C25H28N6OS/c1-30(2)11-3-4-24(32)31-12-8-17(9-13-31)22-15-19-20(7-10-26-25(19)29-22)28-18-5-6-21-23(14-18)33-16-27-21/h5-8,10,14-16H,3-4,9,11-13H2,1-2H3,(H2,26,28,29). The summed E-state index contributed by atoms with van der Waals surface area (Å²) in [4.78, 5) is 28.9. The molecule has 0 aliphatic carbocycles. The smallest absolute Gasteiger partial charge is 0.222 e. The molecule has 0 atom stereocenters. The third-order valence-corrected chi connectivity index (χ3v) is 6.84. The Balaban J connectivity index is 1.31. The van der Waals surface area contributed by atoms with Crippen LogP contribution in [0.1, 0.15) is 25.0 Å². The molecule has 1 aliphatic heterocycles. The molecule has 0 bridgehead atoms. The highest BCUT2D eigenvalue weighted by atomic mass is 32.1. The second-order valence-corrected chi connectivity index (χ2v) is 9.58. The lowest BCUT2D eigenvalue weighted by Gasteiger charge is -2.26. The van der Waals surface area contributed by atoms with Gasteiger partial charge >= 0.3 is 0 Å². The number of anilines is 2. The van der Waals surface area contributed by atoms with E-state index in [9.17, 15) is 4.79 Å². The highest BCUT2D eigenvalue weighted by Gasteiger charge is 2.19. The Labute approximate surface area is 197 Å². The molecule has 3 aromatic heterocycles. The van der Waals surface area contributed by atoms with E-state index in [-0.39, 0.29) is 5.91 Å². The number of nitrogens with one attached hydrogen (secondary N) is 2. The zero-order valence-corrected chi connectivity index (χ0v) is 19.8. The molecule has 0 saturated carbocycles. The molecule has 5 rings (SSSR count). The summed E-state index contributed by atoms with van der Waals surface area (Å²) in [5.41, 5.74) is 8.10. The summed E-state index contributed by atoms with van der Waals surface area (Å²) >= 11 is 1.64. The number of aromatic amines is 1. The van der Waals surface area contributed by atoms with Crippen LogP contribution in [-0.4, -0.2) is 64.4 Å². The van der Waals surface area contributed by atoms with Crippen LogP contribution >= 0.6 is 11.3 Å². The van der Waals surface area contributed by atoms with Crippen molar-refractivity contribution >= 4 is 55.4 Å². The van der Waals surface area contributed by atoms with E-state index in [1.807, 2.05) is 42.8 Å². The average molecular weight is 461 g/mol. The number of carbonyl (C=O) groups is 1. The molecule has 0 radical (unpaired) electrons. The van der Waals surface area contributed by atoms with Crippen LogP contribution in [0.25, 0.3) is 26.8 Å². The van der Waals surface area contributed by atoms with Gasteiger partial charge in [-0.2, -0.15) is 0 Å². The Morgan fingerprint density at radius 1 is 1.24 bits per heavy atom. The van der Waals surface area contributed by atoms with Gasteiger partial charge in [0.25, 0.3) is 0 Å². The highest BCUT2D eigenvalue weighted by Crippen LogP contribution is 2.31. The number of benzene rings is 1. The first-order valence-electron chi connectivity index (χ1n) is 11.3. The predicted octanol–water partition coefficient (Wildman–Crippen LogP) is 4.87. The normalized spacial score (nSPS) is 14.3. The monoisotopic (exact) mass is 460 g/mol. The van der Waals surface area contributed by atoms with Gasteiger partial charge in [0.05, 0.1) is 21.4 Å². The van der Waals surface area contributed by atoms with Gasteiger partial charge in [-0.1, -0.05) is 6.08 Å². The van der Waals surface area contributed by atoms with Crippen LogP contribution in [0.15, 0.2) is 48.1 Å². The van der Waals surface area contributed by atoms with Gasteiger partial charge in [0.2, 0.25) is 5.91 Å². The SMILES string of the molecule is CN(C)CCCC(=O)N1CC=C(c2cc3c(Nc4ccc5ncsc5c4)ccnc3[nH]2)CC1. The van der Waals surface area contributed by atoms with Crippen LogP contribution in [-0.2, 0) is 4.79 Å². The van der Waals surface area contributed by atoms with Crippen molar-refractivity contribution in [2.24, 2.45) is 0 Å². The maximum absolute atomic E-state index is 12.5. The number of hydrogen-bond donors (Lipinski definition) is 2. The van der Waals surface area contributed by atoms with Gasteiger partial charge in [-0.05, 0) is 69.4 Å². The first kappa shape index (κ1) is 21.6. The van der Waals surface area contributed by atoms with Crippen LogP contribution in [0, 0.1) is 0 Å². The second kappa shape index (κ2) is 9.33. The lowest BCUT2D eigenvalue weighted by atomic mass is 10.0.